The summed E-state index contributed by atoms with van der Waals surface area (Å²) >= 11 is 0. The molecule has 0 bridgehead atoms. The minimum Gasteiger partial charge on any atom is -0.380 e. The van der Waals surface area contributed by atoms with E-state index in [9.17, 15) is 0 Å². The molecular formula is C13H29NO. The van der Waals surface area contributed by atoms with Crippen molar-refractivity contribution in [1.29, 1.82) is 0 Å². The highest BCUT2D eigenvalue weighted by Crippen LogP contribution is 2.18. The van der Waals surface area contributed by atoms with Crippen LogP contribution < -0.4 is 5.73 Å². The smallest absolute Gasteiger partial charge is 0.0588 e. The standard InChI is InChI=1S/C13H29NO/c1-3-8-13(4-2)9-6-5-7-11-15-12-10-14/h13H,3-12,14H2,1-2H3. The number of nitrogens with two attached hydrogens (primary N) is 1. The van der Waals surface area contributed by atoms with E-state index in [-0.39, 0.29) is 0 Å². The second-order valence-electron chi connectivity index (χ2n) is 4.31. The third kappa shape index (κ3) is 10.2. The molecule has 0 fully saturated rings. The predicted octanol–water partition coefficient (Wildman–Crippen LogP) is 3.35. The monoisotopic (exact) mass is 215 g/mol. The molecule has 1 unspecified atom stereocenters. The van der Waals surface area contributed by atoms with Crippen LogP contribution in [0.15, 0.2) is 0 Å². The molecule has 0 heterocycles. The minimum atomic E-state index is 0.647. The Balaban J connectivity index is 3.14. The summed E-state index contributed by atoms with van der Waals surface area (Å²) in [6.45, 7) is 6.84. The van der Waals surface area contributed by atoms with Crippen LogP contribution in [-0.2, 0) is 4.74 Å². The van der Waals surface area contributed by atoms with Crippen LogP contribution in [-0.4, -0.2) is 19.8 Å². The van der Waals surface area contributed by atoms with Gasteiger partial charge in [-0.05, 0) is 12.3 Å². The maximum absolute atomic E-state index is 5.34. The molecule has 1 atom stereocenters. The molecule has 0 aliphatic carbocycles. The fraction of sp³-hybridized carbons (Fsp3) is 1.00. The number of rotatable bonds is 11. The Morgan fingerprint density at radius 2 is 1.80 bits per heavy atom. The maximum atomic E-state index is 5.34. The summed E-state index contributed by atoms with van der Waals surface area (Å²) in [4.78, 5) is 0. The van der Waals surface area contributed by atoms with Gasteiger partial charge in [-0.2, -0.15) is 0 Å². The molecule has 0 aromatic rings. The number of hydrogen-bond acceptors (Lipinski definition) is 2. The lowest BCUT2D eigenvalue weighted by Gasteiger charge is -2.13. The Kier molecular flexibility index (Phi) is 11.9. The first-order valence-electron chi connectivity index (χ1n) is 6.62. The van der Waals surface area contributed by atoms with Gasteiger partial charge in [-0.1, -0.05) is 52.4 Å². The lowest BCUT2D eigenvalue weighted by molar-refractivity contribution is 0.136. The number of ether oxygens (including phenoxy) is 1. The molecular weight excluding hydrogens is 186 g/mol. The van der Waals surface area contributed by atoms with Crippen molar-refractivity contribution in [2.24, 2.45) is 11.7 Å². The van der Waals surface area contributed by atoms with Gasteiger partial charge in [0.05, 0.1) is 6.61 Å². The number of hydrogen-bond donors (Lipinski definition) is 1. The third-order valence-corrected chi connectivity index (χ3v) is 2.94. The Morgan fingerprint density at radius 1 is 1.00 bits per heavy atom. The van der Waals surface area contributed by atoms with E-state index in [0.717, 1.165) is 12.5 Å². The molecule has 0 amide bonds. The number of unbranched alkanes of at least 4 members (excludes halogenated alkanes) is 2. The second-order valence-corrected chi connectivity index (χ2v) is 4.31. The van der Waals surface area contributed by atoms with Crippen molar-refractivity contribution in [2.75, 3.05) is 19.8 Å². The van der Waals surface area contributed by atoms with E-state index >= 15 is 0 Å². The van der Waals surface area contributed by atoms with Gasteiger partial charge in [0.25, 0.3) is 0 Å². The Bertz CT molecular complexity index is 117. The van der Waals surface area contributed by atoms with E-state index in [1.807, 2.05) is 0 Å². The summed E-state index contributed by atoms with van der Waals surface area (Å²) in [5.74, 6) is 0.958. The summed E-state index contributed by atoms with van der Waals surface area (Å²) < 4.78 is 5.34. The van der Waals surface area contributed by atoms with Crippen molar-refractivity contribution in [2.45, 2.75) is 58.8 Å². The summed E-state index contributed by atoms with van der Waals surface area (Å²) in [6, 6.07) is 0. The van der Waals surface area contributed by atoms with Crippen molar-refractivity contribution in [1.82, 2.24) is 0 Å². The summed E-state index contributed by atoms with van der Waals surface area (Å²) in [5.41, 5.74) is 5.34. The zero-order chi connectivity index (χ0) is 11.4. The quantitative estimate of drug-likeness (QED) is 0.536. The normalized spacial score (nSPS) is 13.0. The van der Waals surface area contributed by atoms with Crippen molar-refractivity contribution in [3.05, 3.63) is 0 Å². The Morgan fingerprint density at radius 3 is 2.40 bits per heavy atom. The zero-order valence-corrected chi connectivity index (χ0v) is 10.6. The van der Waals surface area contributed by atoms with E-state index in [2.05, 4.69) is 13.8 Å². The molecule has 15 heavy (non-hydrogen) atoms. The first kappa shape index (κ1) is 14.9. The van der Waals surface area contributed by atoms with Crippen molar-refractivity contribution >= 4 is 0 Å². The van der Waals surface area contributed by atoms with Gasteiger partial charge in [0.1, 0.15) is 0 Å². The molecule has 2 nitrogen and oxygen atoms in total. The summed E-state index contributed by atoms with van der Waals surface area (Å²) in [6.07, 6.45) is 9.36. The molecule has 2 N–H and O–H groups in total. The van der Waals surface area contributed by atoms with Crippen LogP contribution in [0.25, 0.3) is 0 Å². The van der Waals surface area contributed by atoms with E-state index in [1.54, 1.807) is 0 Å². The van der Waals surface area contributed by atoms with Crippen molar-refractivity contribution in [3.63, 3.8) is 0 Å². The fourth-order valence-corrected chi connectivity index (χ4v) is 1.96. The molecule has 0 saturated heterocycles. The molecule has 2 heteroatoms. The van der Waals surface area contributed by atoms with Crippen LogP contribution in [0.4, 0.5) is 0 Å². The van der Waals surface area contributed by atoms with Gasteiger partial charge in [0.15, 0.2) is 0 Å². The summed E-state index contributed by atoms with van der Waals surface area (Å²) in [7, 11) is 0. The minimum absolute atomic E-state index is 0.647. The average Bonchev–Trinajstić information content (AvgIpc) is 2.26. The van der Waals surface area contributed by atoms with Crippen LogP contribution in [0, 0.1) is 5.92 Å². The first-order chi connectivity index (χ1) is 7.35. The van der Waals surface area contributed by atoms with Gasteiger partial charge < -0.3 is 10.5 Å². The predicted molar refractivity (Wildman–Crippen MR) is 67.0 cm³/mol. The van der Waals surface area contributed by atoms with Gasteiger partial charge in [-0.25, -0.2) is 0 Å². The highest BCUT2D eigenvalue weighted by atomic mass is 16.5. The molecule has 0 aromatic carbocycles. The highest BCUT2D eigenvalue weighted by Gasteiger charge is 2.03. The molecule has 0 aliphatic rings. The molecule has 0 saturated carbocycles. The lowest BCUT2D eigenvalue weighted by Crippen LogP contribution is -2.09. The molecule has 0 rings (SSSR count). The van der Waals surface area contributed by atoms with Crippen LogP contribution in [0.3, 0.4) is 0 Å². The van der Waals surface area contributed by atoms with Gasteiger partial charge in [0, 0.05) is 13.2 Å². The first-order valence-corrected chi connectivity index (χ1v) is 6.62. The van der Waals surface area contributed by atoms with Gasteiger partial charge in [-0.15, -0.1) is 0 Å². The van der Waals surface area contributed by atoms with Crippen LogP contribution >= 0.6 is 0 Å². The zero-order valence-electron chi connectivity index (χ0n) is 10.6. The van der Waals surface area contributed by atoms with Crippen molar-refractivity contribution in [3.8, 4) is 0 Å². The molecule has 0 aromatic heterocycles. The molecule has 0 radical (unpaired) electrons. The SMILES string of the molecule is CCCC(CC)CCCCCOCCN. The van der Waals surface area contributed by atoms with Gasteiger partial charge >= 0.3 is 0 Å². The molecule has 0 spiro atoms. The third-order valence-electron chi connectivity index (χ3n) is 2.94. The average molecular weight is 215 g/mol. The van der Waals surface area contributed by atoms with Crippen LogP contribution in [0.2, 0.25) is 0 Å². The Hall–Kier alpha value is -0.0800. The fourth-order valence-electron chi connectivity index (χ4n) is 1.96. The van der Waals surface area contributed by atoms with E-state index < -0.39 is 0 Å². The van der Waals surface area contributed by atoms with E-state index in [4.69, 9.17) is 10.5 Å². The largest absolute Gasteiger partial charge is 0.380 e. The van der Waals surface area contributed by atoms with Crippen molar-refractivity contribution < 1.29 is 4.74 Å². The van der Waals surface area contributed by atoms with Gasteiger partial charge in [0.2, 0.25) is 0 Å². The lowest BCUT2D eigenvalue weighted by atomic mass is 9.94. The van der Waals surface area contributed by atoms with E-state index in [0.29, 0.717) is 13.2 Å². The highest BCUT2D eigenvalue weighted by molar-refractivity contribution is 4.56. The van der Waals surface area contributed by atoms with E-state index in [1.165, 1.54) is 44.9 Å². The summed E-state index contributed by atoms with van der Waals surface area (Å²) in [5, 5.41) is 0. The molecule has 92 valence electrons. The van der Waals surface area contributed by atoms with Gasteiger partial charge in [-0.3, -0.25) is 0 Å². The Labute approximate surface area is 95.6 Å². The molecule has 0 aliphatic heterocycles. The topological polar surface area (TPSA) is 35.2 Å². The second kappa shape index (κ2) is 12.0. The van der Waals surface area contributed by atoms with Crippen LogP contribution in [0.5, 0.6) is 0 Å². The van der Waals surface area contributed by atoms with Crippen LogP contribution in [0.1, 0.15) is 58.8 Å². The maximum Gasteiger partial charge on any atom is 0.0588 e.